The summed E-state index contributed by atoms with van der Waals surface area (Å²) in [7, 11) is 0. The number of rotatable bonds is 4. The topological polar surface area (TPSA) is 78.5 Å². The Balaban J connectivity index is 1.21. The lowest BCUT2D eigenvalue weighted by Crippen LogP contribution is -2.32. The molecular formula is C23H20ClN3O3. The van der Waals surface area contributed by atoms with Crippen molar-refractivity contribution in [2.45, 2.75) is 13.0 Å². The van der Waals surface area contributed by atoms with Crippen LogP contribution in [0.2, 0.25) is 5.02 Å². The van der Waals surface area contributed by atoms with Gasteiger partial charge in [-0.2, -0.15) is 0 Å². The molecule has 6 nitrogen and oxygen atoms in total. The first-order valence-corrected chi connectivity index (χ1v) is 10.3. The van der Waals surface area contributed by atoms with Crippen LogP contribution in [-0.4, -0.2) is 17.8 Å². The molecule has 30 heavy (non-hydrogen) atoms. The van der Waals surface area contributed by atoms with E-state index in [2.05, 4.69) is 22.8 Å². The van der Waals surface area contributed by atoms with Crippen LogP contribution in [0.5, 0.6) is 0 Å². The number of halogens is 1. The Morgan fingerprint density at radius 1 is 0.933 bits per heavy atom. The number of benzene rings is 2. The van der Waals surface area contributed by atoms with Crippen molar-refractivity contribution in [3.8, 4) is 0 Å². The van der Waals surface area contributed by atoms with Crippen LogP contribution in [-0.2, 0) is 16.1 Å². The fourth-order valence-electron chi connectivity index (χ4n) is 4.81. The molecule has 5 rings (SSSR count). The summed E-state index contributed by atoms with van der Waals surface area (Å²) in [5.41, 5.74) is 2.10. The van der Waals surface area contributed by atoms with Crippen molar-refractivity contribution in [1.82, 2.24) is 5.32 Å². The van der Waals surface area contributed by atoms with Crippen LogP contribution in [0.3, 0.4) is 0 Å². The van der Waals surface area contributed by atoms with Gasteiger partial charge in [-0.1, -0.05) is 35.9 Å². The highest BCUT2D eigenvalue weighted by Crippen LogP contribution is 2.53. The minimum absolute atomic E-state index is 0.0879. The number of nitrogens with zero attached hydrogens (tertiary/aromatic N) is 1. The first-order valence-electron chi connectivity index (χ1n) is 9.97. The highest BCUT2D eigenvalue weighted by atomic mass is 35.5. The van der Waals surface area contributed by atoms with Crippen LogP contribution in [0.4, 0.5) is 16.2 Å². The molecule has 2 aliphatic carbocycles. The number of imide groups is 1. The molecule has 152 valence electrons. The van der Waals surface area contributed by atoms with Gasteiger partial charge < -0.3 is 10.6 Å². The van der Waals surface area contributed by atoms with Crippen molar-refractivity contribution in [2.24, 2.45) is 23.7 Å². The van der Waals surface area contributed by atoms with Crippen LogP contribution in [0.1, 0.15) is 12.0 Å². The highest BCUT2D eigenvalue weighted by Gasteiger charge is 2.59. The molecule has 1 heterocycles. The second kappa shape index (κ2) is 7.29. The van der Waals surface area contributed by atoms with Crippen molar-refractivity contribution >= 4 is 40.8 Å². The lowest BCUT2D eigenvalue weighted by Gasteiger charge is -2.17. The third-order valence-electron chi connectivity index (χ3n) is 6.22. The van der Waals surface area contributed by atoms with Gasteiger partial charge in [0.1, 0.15) is 0 Å². The molecule has 1 saturated carbocycles. The van der Waals surface area contributed by atoms with E-state index in [1.165, 1.54) is 4.90 Å². The number of hydrogen-bond donors (Lipinski definition) is 2. The van der Waals surface area contributed by atoms with Gasteiger partial charge in [-0.25, -0.2) is 4.79 Å². The van der Waals surface area contributed by atoms with E-state index in [1.807, 2.05) is 12.1 Å². The molecule has 7 heteroatoms. The number of anilines is 2. The van der Waals surface area contributed by atoms with E-state index in [1.54, 1.807) is 36.4 Å². The Kier molecular flexibility index (Phi) is 4.59. The normalized spacial score (nSPS) is 26.2. The molecule has 3 aliphatic rings. The van der Waals surface area contributed by atoms with Gasteiger partial charge in [-0.05, 0) is 60.2 Å². The number of nitrogens with one attached hydrogen (secondary N) is 2. The zero-order valence-electron chi connectivity index (χ0n) is 16.0. The molecule has 2 bridgehead atoms. The Bertz CT molecular complexity index is 1020. The number of carbonyl (C=O) groups is 3. The SMILES string of the molecule is O=C(NCc1ccc(N2C(=O)C3C4C=CC(C4)C3C2=O)cc1)Nc1ccc(Cl)cc1. The van der Waals surface area contributed by atoms with E-state index in [-0.39, 0.29) is 41.5 Å². The van der Waals surface area contributed by atoms with Gasteiger partial charge in [0, 0.05) is 17.3 Å². The average molecular weight is 422 g/mol. The Morgan fingerprint density at radius 3 is 2.13 bits per heavy atom. The molecule has 2 N–H and O–H groups in total. The van der Waals surface area contributed by atoms with Crippen LogP contribution in [0.25, 0.3) is 0 Å². The number of fused-ring (bicyclic) bond motifs is 5. The molecule has 4 unspecified atom stereocenters. The fourth-order valence-corrected chi connectivity index (χ4v) is 4.94. The second-order valence-electron chi connectivity index (χ2n) is 7.99. The summed E-state index contributed by atoms with van der Waals surface area (Å²) in [5, 5.41) is 6.11. The van der Waals surface area contributed by atoms with Gasteiger partial charge in [0.25, 0.3) is 0 Å². The first kappa shape index (κ1) is 18.9. The molecule has 0 aromatic heterocycles. The zero-order chi connectivity index (χ0) is 20.8. The molecule has 4 atom stereocenters. The van der Waals surface area contributed by atoms with Gasteiger partial charge in [-0.3, -0.25) is 14.5 Å². The van der Waals surface area contributed by atoms with Crippen LogP contribution >= 0.6 is 11.6 Å². The van der Waals surface area contributed by atoms with E-state index < -0.39 is 0 Å². The van der Waals surface area contributed by atoms with Crippen LogP contribution in [0.15, 0.2) is 60.7 Å². The summed E-state index contributed by atoms with van der Waals surface area (Å²) in [5.74, 6) is -0.186. The van der Waals surface area contributed by atoms with Crippen LogP contribution in [0, 0.1) is 23.7 Å². The van der Waals surface area contributed by atoms with Gasteiger partial charge in [-0.15, -0.1) is 0 Å². The van der Waals surface area contributed by atoms with Gasteiger partial charge in [0.15, 0.2) is 0 Å². The molecule has 2 fully saturated rings. The maximum absolute atomic E-state index is 12.9. The molecule has 1 aliphatic heterocycles. The van der Waals surface area contributed by atoms with Gasteiger partial charge in [0.05, 0.1) is 17.5 Å². The number of urea groups is 1. The summed E-state index contributed by atoms with van der Waals surface area (Å²) in [4.78, 5) is 39.2. The molecule has 2 aromatic carbocycles. The minimum Gasteiger partial charge on any atom is -0.334 e. The predicted octanol–water partition coefficient (Wildman–Crippen LogP) is 3.97. The third kappa shape index (κ3) is 3.17. The summed E-state index contributed by atoms with van der Waals surface area (Å²) in [6.07, 6.45) is 5.10. The third-order valence-corrected chi connectivity index (χ3v) is 6.47. The van der Waals surface area contributed by atoms with E-state index in [0.29, 0.717) is 22.9 Å². The van der Waals surface area contributed by atoms with E-state index >= 15 is 0 Å². The number of allylic oxidation sites excluding steroid dienone is 2. The number of hydrogen-bond acceptors (Lipinski definition) is 3. The lowest BCUT2D eigenvalue weighted by atomic mass is 9.85. The number of carbonyl (C=O) groups excluding carboxylic acids is 3. The van der Waals surface area contributed by atoms with Gasteiger partial charge in [0.2, 0.25) is 11.8 Å². The van der Waals surface area contributed by atoms with E-state index in [4.69, 9.17) is 11.6 Å². The van der Waals surface area contributed by atoms with E-state index in [9.17, 15) is 14.4 Å². The zero-order valence-corrected chi connectivity index (χ0v) is 16.8. The second-order valence-corrected chi connectivity index (χ2v) is 8.43. The van der Waals surface area contributed by atoms with Crippen molar-refractivity contribution in [2.75, 3.05) is 10.2 Å². The maximum atomic E-state index is 12.9. The van der Waals surface area contributed by atoms with Crippen LogP contribution < -0.4 is 15.5 Å². The molecule has 0 spiro atoms. The quantitative estimate of drug-likeness (QED) is 0.579. The summed E-state index contributed by atoms with van der Waals surface area (Å²) >= 11 is 5.84. The molecule has 2 aromatic rings. The smallest absolute Gasteiger partial charge is 0.319 e. The Morgan fingerprint density at radius 2 is 1.53 bits per heavy atom. The molecule has 0 radical (unpaired) electrons. The standard InChI is InChI=1S/C23H20ClN3O3/c24-16-5-7-17(8-6-16)26-23(30)25-12-13-1-9-18(10-2-13)27-21(28)19-14-3-4-15(11-14)20(19)22(27)29/h1-10,14-15,19-20H,11-12H2,(H2,25,26,30). The lowest BCUT2D eigenvalue weighted by molar-refractivity contribution is -0.123. The van der Waals surface area contributed by atoms with E-state index in [0.717, 1.165) is 12.0 Å². The van der Waals surface area contributed by atoms with Gasteiger partial charge >= 0.3 is 6.03 Å². The minimum atomic E-state index is -0.331. The maximum Gasteiger partial charge on any atom is 0.319 e. The first-order chi connectivity index (χ1) is 14.5. The Labute approximate surface area is 178 Å². The predicted molar refractivity (Wildman–Crippen MR) is 114 cm³/mol. The Hall–Kier alpha value is -3.12. The van der Waals surface area contributed by atoms with Crippen molar-refractivity contribution < 1.29 is 14.4 Å². The average Bonchev–Trinajstić information content (AvgIpc) is 3.43. The van der Waals surface area contributed by atoms with Crippen molar-refractivity contribution in [3.63, 3.8) is 0 Å². The van der Waals surface area contributed by atoms with Crippen molar-refractivity contribution in [1.29, 1.82) is 0 Å². The summed E-state index contributed by atoms with van der Waals surface area (Å²) in [6.45, 7) is 0.320. The summed E-state index contributed by atoms with van der Waals surface area (Å²) in [6, 6.07) is 13.7. The van der Waals surface area contributed by atoms with Crippen molar-refractivity contribution in [3.05, 3.63) is 71.3 Å². The largest absolute Gasteiger partial charge is 0.334 e. The number of amides is 4. The monoisotopic (exact) mass is 421 g/mol. The molecule has 1 saturated heterocycles. The highest BCUT2D eigenvalue weighted by molar-refractivity contribution is 6.30. The molecule has 4 amide bonds. The summed E-state index contributed by atoms with van der Waals surface area (Å²) < 4.78 is 0. The molecular weight excluding hydrogens is 402 g/mol. The fraction of sp³-hybridized carbons (Fsp3) is 0.261.